The van der Waals surface area contributed by atoms with E-state index in [0.29, 0.717) is 11.8 Å². The number of nitrogens with zero attached hydrogens (tertiary/aromatic N) is 1. The molecule has 2 unspecified atom stereocenters. The summed E-state index contributed by atoms with van der Waals surface area (Å²) < 4.78 is 0. The van der Waals surface area contributed by atoms with Gasteiger partial charge in [0.1, 0.15) is 6.10 Å². The standard InChI is InChI=1S/C12H15BrN2O2/c1-7-4-10-8(6-14-15-10)5-9(7)12(17)11(16)2-3-13/h4-6,11-12,16-17H,2-3H2,1H3,(H,14,15). The first-order valence-electron chi connectivity index (χ1n) is 5.49. The summed E-state index contributed by atoms with van der Waals surface area (Å²) in [6, 6.07) is 3.80. The molecule has 2 atom stereocenters. The molecular formula is C12H15BrN2O2. The highest BCUT2D eigenvalue weighted by atomic mass is 79.9. The Kier molecular flexibility index (Phi) is 3.81. The number of fused-ring (bicyclic) bond motifs is 1. The Hall–Kier alpha value is -0.910. The number of benzene rings is 1. The van der Waals surface area contributed by atoms with E-state index < -0.39 is 12.2 Å². The minimum Gasteiger partial charge on any atom is -0.390 e. The van der Waals surface area contributed by atoms with Gasteiger partial charge in [-0.25, -0.2) is 0 Å². The Morgan fingerprint density at radius 2 is 2.18 bits per heavy atom. The summed E-state index contributed by atoms with van der Waals surface area (Å²) in [6.45, 7) is 1.92. The van der Waals surface area contributed by atoms with Gasteiger partial charge in [0, 0.05) is 10.7 Å². The number of aliphatic hydroxyl groups is 2. The van der Waals surface area contributed by atoms with Crippen LogP contribution >= 0.6 is 15.9 Å². The number of halogens is 1. The maximum atomic E-state index is 10.1. The van der Waals surface area contributed by atoms with Crippen LogP contribution in [0.1, 0.15) is 23.7 Å². The van der Waals surface area contributed by atoms with Crippen LogP contribution < -0.4 is 0 Å². The lowest BCUT2D eigenvalue weighted by molar-refractivity contribution is 0.0171. The van der Waals surface area contributed by atoms with Crippen molar-refractivity contribution in [1.29, 1.82) is 0 Å². The third-order valence-electron chi connectivity index (χ3n) is 2.91. The molecule has 0 saturated carbocycles. The second-order valence-electron chi connectivity index (χ2n) is 4.16. The van der Waals surface area contributed by atoms with Gasteiger partial charge in [-0.2, -0.15) is 5.10 Å². The zero-order valence-electron chi connectivity index (χ0n) is 9.52. The van der Waals surface area contributed by atoms with Crippen molar-refractivity contribution < 1.29 is 10.2 Å². The molecule has 1 heterocycles. The van der Waals surface area contributed by atoms with Gasteiger partial charge in [0.05, 0.1) is 17.8 Å². The van der Waals surface area contributed by atoms with Crippen LogP contribution in [-0.2, 0) is 0 Å². The van der Waals surface area contributed by atoms with E-state index in [1.54, 1.807) is 6.20 Å². The fourth-order valence-corrected chi connectivity index (χ4v) is 2.38. The average Bonchev–Trinajstić information content (AvgIpc) is 2.74. The zero-order chi connectivity index (χ0) is 12.4. The zero-order valence-corrected chi connectivity index (χ0v) is 11.1. The molecule has 1 aromatic carbocycles. The third kappa shape index (κ3) is 2.51. The number of hydrogen-bond donors (Lipinski definition) is 3. The molecule has 0 radical (unpaired) electrons. The smallest absolute Gasteiger partial charge is 0.105 e. The predicted molar refractivity (Wildman–Crippen MR) is 70.2 cm³/mol. The van der Waals surface area contributed by atoms with E-state index in [-0.39, 0.29) is 0 Å². The lowest BCUT2D eigenvalue weighted by Crippen LogP contribution is -2.19. The molecule has 1 aromatic heterocycles. The summed E-state index contributed by atoms with van der Waals surface area (Å²) >= 11 is 3.26. The Labute approximate surface area is 108 Å². The van der Waals surface area contributed by atoms with E-state index in [4.69, 9.17) is 0 Å². The van der Waals surface area contributed by atoms with Crippen molar-refractivity contribution in [2.45, 2.75) is 25.6 Å². The van der Waals surface area contributed by atoms with Gasteiger partial charge in [-0.15, -0.1) is 0 Å². The van der Waals surface area contributed by atoms with Crippen molar-refractivity contribution in [1.82, 2.24) is 10.2 Å². The first-order chi connectivity index (χ1) is 8.13. The number of hydrogen-bond acceptors (Lipinski definition) is 3. The molecule has 0 amide bonds. The molecule has 4 nitrogen and oxygen atoms in total. The van der Waals surface area contributed by atoms with Crippen LogP contribution in [-0.4, -0.2) is 31.8 Å². The number of H-pyrrole nitrogens is 1. The Bertz CT molecular complexity index is 512. The predicted octanol–water partition coefficient (Wildman–Crippen LogP) is 2.05. The van der Waals surface area contributed by atoms with Crippen LogP contribution in [0.4, 0.5) is 0 Å². The molecule has 0 spiro atoms. The van der Waals surface area contributed by atoms with Gasteiger partial charge in [0.2, 0.25) is 0 Å². The molecule has 0 aliphatic carbocycles. The van der Waals surface area contributed by atoms with Crippen LogP contribution in [0.3, 0.4) is 0 Å². The maximum Gasteiger partial charge on any atom is 0.105 e. The SMILES string of the molecule is Cc1cc2[nH]ncc2cc1C(O)C(O)CCBr. The quantitative estimate of drug-likeness (QED) is 0.757. The Morgan fingerprint density at radius 3 is 2.88 bits per heavy atom. The van der Waals surface area contributed by atoms with E-state index >= 15 is 0 Å². The highest BCUT2D eigenvalue weighted by molar-refractivity contribution is 9.09. The highest BCUT2D eigenvalue weighted by Crippen LogP contribution is 2.26. The number of aromatic amines is 1. The van der Waals surface area contributed by atoms with Crippen LogP contribution in [0, 0.1) is 6.92 Å². The molecule has 0 saturated heterocycles. The average molecular weight is 299 g/mol. The summed E-state index contributed by atoms with van der Waals surface area (Å²) in [6.07, 6.45) is 0.621. The lowest BCUT2D eigenvalue weighted by atomic mass is 9.97. The summed E-state index contributed by atoms with van der Waals surface area (Å²) in [4.78, 5) is 0. The molecule has 17 heavy (non-hydrogen) atoms. The normalized spacial score (nSPS) is 15.1. The topological polar surface area (TPSA) is 69.1 Å². The van der Waals surface area contributed by atoms with E-state index in [9.17, 15) is 10.2 Å². The van der Waals surface area contributed by atoms with Gasteiger partial charge < -0.3 is 10.2 Å². The van der Waals surface area contributed by atoms with Gasteiger partial charge in [-0.05, 0) is 36.6 Å². The van der Waals surface area contributed by atoms with E-state index in [1.807, 2.05) is 19.1 Å². The number of aliphatic hydroxyl groups excluding tert-OH is 2. The van der Waals surface area contributed by atoms with Gasteiger partial charge in [-0.3, -0.25) is 5.10 Å². The molecule has 2 aromatic rings. The van der Waals surface area contributed by atoms with Gasteiger partial charge in [0.15, 0.2) is 0 Å². The van der Waals surface area contributed by atoms with Gasteiger partial charge in [0.25, 0.3) is 0 Å². The van der Waals surface area contributed by atoms with E-state index in [0.717, 1.165) is 22.0 Å². The first kappa shape index (κ1) is 12.5. The summed E-state index contributed by atoms with van der Waals surface area (Å²) in [7, 11) is 0. The Balaban J connectivity index is 2.36. The number of alkyl halides is 1. The fourth-order valence-electron chi connectivity index (χ4n) is 1.91. The van der Waals surface area contributed by atoms with Crippen molar-refractivity contribution in [3.8, 4) is 0 Å². The molecule has 0 aliphatic rings. The van der Waals surface area contributed by atoms with Crippen molar-refractivity contribution in [2.75, 3.05) is 5.33 Å². The van der Waals surface area contributed by atoms with Gasteiger partial charge >= 0.3 is 0 Å². The first-order valence-corrected chi connectivity index (χ1v) is 6.61. The number of aromatic nitrogens is 2. The van der Waals surface area contributed by atoms with Crippen molar-refractivity contribution in [3.63, 3.8) is 0 Å². The van der Waals surface area contributed by atoms with E-state index in [2.05, 4.69) is 26.1 Å². The molecule has 0 bridgehead atoms. The maximum absolute atomic E-state index is 10.1. The second kappa shape index (κ2) is 5.16. The summed E-state index contributed by atoms with van der Waals surface area (Å²) in [5, 5.41) is 28.3. The molecule has 0 aliphatic heterocycles. The number of nitrogens with one attached hydrogen (secondary N) is 1. The van der Waals surface area contributed by atoms with Crippen molar-refractivity contribution >= 4 is 26.8 Å². The third-order valence-corrected chi connectivity index (χ3v) is 3.37. The molecule has 92 valence electrons. The minimum absolute atomic E-state index is 0.518. The summed E-state index contributed by atoms with van der Waals surface area (Å²) in [5.41, 5.74) is 2.64. The van der Waals surface area contributed by atoms with Crippen LogP contribution in [0.15, 0.2) is 18.3 Å². The van der Waals surface area contributed by atoms with Crippen molar-refractivity contribution in [2.24, 2.45) is 0 Å². The van der Waals surface area contributed by atoms with Gasteiger partial charge in [-0.1, -0.05) is 15.9 Å². The largest absolute Gasteiger partial charge is 0.390 e. The van der Waals surface area contributed by atoms with E-state index in [1.165, 1.54) is 0 Å². The summed E-state index contributed by atoms with van der Waals surface area (Å²) in [5.74, 6) is 0. The van der Waals surface area contributed by atoms with Crippen LogP contribution in [0.2, 0.25) is 0 Å². The van der Waals surface area contributed by atoms with Crippen LogP contribution in [0.5, 0.6) is 0 Å². The molecule has 3 N–H and O–H groups in total. The highest BCUT2D eigenvalue weighted by Gasteiger charge is 2.20. The molecule has 5 heteroatoms. The molecular weight excluding hydrogens is 284 g/mol. The fraction of sp³-hybridized carbons (Fsp3) is 0.417. The lowest BCUT2D eigenvalue weighted by Gasteiger charge is -2.19. The number of aryl methyl sites for hydroxylation is 1. The second-order valence-corrected chi connectivity index (χ2v) is 4.95. The minimum atomic E-state index is -0.855. The Morgan fingerprint density at radius 1 is 1.41 bits per heavy atom. The molecule has 2 rings (SSSR count). The van der Waals surface area contributed by atoms with Crippen LogP contribution in [0.25, 0.3) is 10.9 Å². The van der Waals surface area contributed by atoms with Crippen molar-refractivity contribution in [3.05, 3.63) is 29.5 Å². The number of rotatable bonds is 4. The monoisotopic (exact) mass is 298 g/mol. The molecule has 0 fully saturated rings.